The zero-order valence-corrected chi connectivity index (χ0v) is 14.4. The molecule has 1 aliphatic rings. The van der Waals surface area contributed by atoms with Gasteiger partial charge in [-0.3, -0.25) is 9.46 Å². The Balaban J connectivity index is 2.01. The van der Waals surface area contributed by atoms with Crippen LogP contribution in [0.1, 0.15) is 32.3 Å². The Labute approximate surface area is 133 Å². The molecule has 1 heterocycles. The highest BCUT2D eigenvalue weighted by molar-refractivity contribution is 7.62. The van der Waals surface area contributed by atoms with Crippen molar-refractivity contribution in [1.29, 1.82) is 0 Å². The van der Waals surface area contributed by atoms with Crippen LogP contribution in [0.3, 0.4) is 0 Å². The highest BCUT2D eigenvalue weighted by Crippen LogP contribution is 2.46. The Morgan fingerprint density at radius 1 is 1.14 bits per heavy atom. The minimum atomic E-state index is -3.17. The van der Waals surface area contributed by atoms with E-state index >= 15 is 0 Å². The highest BCUT2D eigenvalue weighted by atomic mass is 31.2. The molecule has 0 atom stereocenters. The maximum atomic E-state index is 12.7. The second-order valence-electron chi connectivity index (χ2n) is 5.61. The molecule has 1 saturated heterocycles. The van der Waals surface area contributed by atoms with Crippen molar-refractivity contribution in [2.75, 3.05) is 26.3 Å². The first-order valence-electron chi connectivity index (χ1n) is 8.04. The van der Waals surface area contributed by atoms with Gasteiger partial charge in [-0.1, -0.05) is 12.1 Å². The number of benzene rings is 1. The number of hydrogen-bond acceptors (Lipinski definition) is 5. The van der Waals surface area contributed by atoms with Crippen molar-refractivity contribution in [3.8, 4) is 0 Å². The van der Waals surface area contributed by atoms with E-state index in [1.54, 1.807) is 0 Å². The maximum Gasteiger partial charge on any atom is 0.361 e. The third kappa shape index (κ3) is 4.64. The number of likely N-dealkylation sites (tertiary alicyclic amines) is 1. The summed E-state index contributed by atoms with van der Waals surface area (Å²) in [5.41, 5.74) is 7.14. The van der Waals surface area contributed by atoms with Crippen molar-refractivity contribution in [1.82, 2.24) is 4.90 Å². The van der Waals surface area contributed by atoms with Gasteiger partial charge in [0.25, 0.3) is 0 Å². The van der Waals surface area contributed by atoms with E-state index < -0.39 is 7.60 Å². The Hall–Kier alpha value is -0.710. The third-order valence-electron chi connectivity index (χ3n) is 3.89. The molecule has 2 N–H and O–H groups in total. The summed E-state index contributed by atoms with van der Waals surface area (Å²) in [6, 6.07) is 8.08. The van der Waals surface area contributed by atoms with E-state index in [0.29, 0.717) is 24.6 Å². The predicted octanol–water partition coefficient (Wildman–Crippen LogP) is 2.50. The van der Waals surface area contributed by atoms with E-state index in [2.05, 4.69) is 4.90 Å². The SMILES string of the molecule is CCOP(=O)(OCC)c1ccc(CN2CCC(N)CC2)cc1. The van der Waals surface area contributed by atoms with Crippen LogP contribution in [-0.2, 0) is 20.2 Å². The van der Waals surface area contributed by atoms with Gasteiger partial charge in [0.15, 0.2) is 0 Å². The smallest absolute Gasteiger partial charge is 0.328 e. The molecule has 0 bridgehead atoms. The summed E-state index contributed by atoms with van der Waals surface area (Å²) < 4.78 is 23.4. The van der Waals surface area contributed by atoms with Crippen molar-refractivity contribution in [3.63, 3.8) is 0 Å². The number of rotatable bonds is 7. The first-order valence-corrected chi connectivity index (χ1v) is 9.58. The third-order valence-corrected chi connectivity index (χ3v) is 6.02. The molecule has 0 unspecified atom stereocenters. The molecule has 0 spiro atoms. The summed E-state index contributed by atoms with van der Waals surface area (Å²) in [7, 11) is -3.17. The Morgan fingerprint density at radius 2 is 1.68 bits per heavy atom. The van der Waals surface area contributed by atoms with Crippen LogP contribution in [0.2, 0.25) is 0 Å². The molecule has 1 aromatic rings. The largest absolute Gasteiger partial charge is 0.361 e. The van der Waals surface area contributed by atoms with E-state index in [1.807, 2.05) is 38.1 Å². The van der Waals surface area contributed by atoms with E-state index in [4.69, 9.17) is 14.8 Å². The molecule has 1 fully saturated rings. The van der Waals surface area contributed by atoms with E-state index in [1.165, 1.54) is 5.56 Å². The molecule has 0 aromatic heterocycles. The van der Waals surface area contributed by atoms with Crippen LogP contribution in [0.5, 0.6) is 0 Å². The maximum absolute atomic E-state index is 12.7. The van der Waals surface area contributed by atoms with Crippen molar-refractivity contribution >= 4 is 12.9 Å². The summed E-state index contributed by atoms with van der Waals surface area (Å²) in [4.78, 5) is 2.41. The van der Waals surface area contributed by atoms with Crippen LogP contribution in [0, 0.1) is 0 Å². The van der Waals surface area contributed by atoms with Gasteiger partial charge in [0, 0.05) is 12.6 Å². The van der Waals surface area contributed by atoms with Gasteiger partial charge in [-0.05, 0) is 57.5 Å². The zero-order valence-electron chi connectivity index (χ0n) is 13.5. The van der Waals surface area contributed by atoms with E-state index in [-0.39, 0.29) is 0 Å². The van der Waals surface area contributed by atoms with Crippen molar-refractivity contribution in [2.24, 2.45) is 5.73 Å². The normalized spacial score (nSPS) is 17.8. The molecular formula is C16H27N2O3P. The highest BCUT2D eigenvalue weighted by Gasteiger charge is 2.26. The fourth-order valence-corrected chi connectivity index (χ4v) is 4.25. The lowest BCUT2D eigenvalue weighted by Crippen LogP contribution is -2.39. The quantitative estimate of drug-likeness (QED) is 0.780. The first kappa shape index (κ1) is 17.6. The van der Waals surface area contributed by atoms with Crippen LogP contribution < -0.4 is 11.0 Å². The lowest BCUT2D eigenvalue weighted by atomic mass is 10.1. The molecular weight excluding hydrogens is 299 g/mol. The van der Waals surface area contributed by atoms with Gasteiger partial charge in [0.1, 0.15) is 0 Å². The summed E-state index contributed by atoms with van der Waals surface area (Å²) >= 11 is 0. The topological polar surface area (TPSA) is 64.8 Å². The molecule has 0 saturated carbocycles. The van der Waals surface area contributed by atoms with Gasteiger partial charge in [-0.15, -0.1) is 0 Å². The number of nitrogens with two attached hydrogens (primary N) is 1. The van der Waals surface area contributed by atoms with Gasteiger partial charge in [0.05, 0.1) is 18.5 Å². The fourth-order valence-electron chi connectivity index (χ4n) is 2.68. The molecule has 0 aliphatic carbocycles. The van der Waals surface area contributed by atoms with Crippen molar-refractivity contribution < 1.29 is 13.6 Å². The van der Waals surface area contributed by atoms with Crippen LogP contribution in [0.4, 0.5) is 0 Å². The standard InChI is InChI=1S/C16H27N2O3P/c1-3-20-22(19,21-4-2)16-7-5-14(6-8-16)13-18-11-9-15(17)10-12-18/h5-8,15H,3-4,9-13,17H2,1-2H3. The molecule has 22 heavy (non-hydrogen) atoms. The molecule has 0 amide bonds. The summed E-state index contributed by atoms with van der Waals surface area (Å²) in [6.07, 6.45) is 2.12. The first-order chi connectivity index (χ1) is 10.6. The van der Waals surface area contributed by atoms with Crippen LogP contribution in [0.15, 0.2) is 24.3 Å². The summed E-state index contributed by atoms with van der Waals surface area (Å²) in [5, 5.41) is 0.626. The van der Waals surface area contributed by atoms with E-state index in [9.17, 15) is 4.57 Å². The van der Waals surface area contributed by atoms with Gasteiger partial charge >= 0.3 is 7.60 Å². The molecule has 6 heteroatoms. The van der Waals surface area contributed by atoms with Crippen LogP contribution >= 0.6 is 7.60 Å². The Morgan fingerprint density at radius 3 is 2.18 bits per heavy atom. The molecule has 0 radical (unpaired) electrons. The lowest BCUT2D eigenvalue weighted by Gasteiger charge is -2.30. The van der Waals surface area contributed by atoms with E-state index in [0.717, 1.165) is 32.5 Å². The Kier molecular flexibility index (Phi) is 6.60. The minimum absolute atomic E-state index is 0.349. The van der Waals surface area contributed by atoms with Crippen LogP contribution in [-0.4, -0.2) is 37.2 Å². The van der Waals surface area contributed by atoms with Crippen LogP contribution in [0.25, 0.3) is 0 Å². The average molecular weight is 326 g/mol. The molecule has 5 nitrogen and oxygen atoms in total. The number of hydrogen-bond donors (Lipinski definition) is 1. The molecule has 2 rings (SSSR count). The van der Waals surface area contributed by atoms with Crippen molar-refractivity contribution in [3.05, 3.63) is 29.8 Å². The monoisotopic (exact) mass is 326 g/mol. The molecule has 124 valence electrons. The van der Waals surface area contributed by atoms with Gasteiger partial charge in [-0.2, -0.15) is 0 Å². The zero-order chi connectivity index (χ0) is 16.0. The number of nitrogens with zero attached hydrogens (tertiary/aromatic N) is 1. The Bertz CT molecular complexity index is 489. The average Bonchev–Trinajstić information content (AvgIpc) is 2.51. The van der Waals surface area contributed by atoms with Gasteiger partial charge < -0.3 is 14.8 Å². The van der Waals surface area contributed by atoms with Crippen molar-refractivity contribution in [2.45, 2.75) is 39.3 Å². The second-order valence-corrected chi connectivity index (χ2v) is 7.64. The number of piperidine rings is 1. The fraction of sp³-hybridized carbons (Fsp3) is 0.625. The van der Waals surface area contributed by atoms with Gasteiger partial charge in [-0.25, -0.2) is 0 Å². The summed E-state index contributed by atoms with van der Waals surface area (Å²) in [6.45, 7) is 7.36. The summed E-state index contributed by atoms with van der Waals surface area (Å²) in [5.74, 6) is 0. The van der Waals surface area contributed by atoms with Gasteiger partial charge in [0.2, 0.25) is 0 Å². The molecule has 1 aromatic carbocycles. The predicted molar refractivity (Wildman–Crippen MR) is 89.4 cm³/mol. The molecule has 1 aliphatic heterocycles. The minimum Gasteiger partial charge on any atom is -0.328 e. The second kappa shape index (κ2) is 8.23. The lowest BCUT2D eigenvalue weighted by molar-refractivity contribution is 0.205.